The van der Waals surface area contributed by atoms with Crippen molar-refractivity contribution in [2.45, 2.75) is 32.4 Å². The molecule has 1 fully saturated rings. The third kappa shape index (κ3) is 3.61. The van der Waals surface area contributed by atoms with Gasteiger partial charge in [-0.15, -0.1) is 0 Å². The molecule has 1 amide bonds. The molecule has 1 saturated heterocycles. The Balaban J connectivity index is 2.15. The number of nitrogens with zero attached hydrogens (tertiary/aromatic N) is 3. The minimum absolute atomic E-state index is 0.354. The van der Waals surface area contributed by atoms with Crippen molar-refractivity contribution in [2.75, 3.05) is 27.0 Å². The molecule has 0 N–H and O–H groups in total. The summed E-state index contributed by atoms with van der Waals surface area (Å²) in [5, 5.41) is 0. The monoisotopic (exact) mass is 413 g/mol. The van der Waals surface area contributed by atoms with E-state index in [2.05, 4.69) is 4.99 Å². The maximum Gasteiger partial charge on any atom is 0.266 e. The molecule has 1 aliphatic rings. The minimum atomic E-state index is -3.44. The van der Waals surface area contributed by atoms with Crippen LogP contribution in [0.25, 0.3) is 10.2 Å². The van der Waals surface area contributed by atoms with Gasteiger partial charge in [-0.3, -0.25) is 4.79 Å². The molecule has 2 aromatic rings. The molecular formula is C17H23N3O5S2. The van der Waals surface area contributed by atoms with Crippen LogP contribution in [0.4, 0.5) is 0 Å². The summed E-state index contributed by atoms with van der Waals surface area (Å²) >= 11 is 1.33. The first-order chi connectivity index (χ1) is 12.8. The third-order valence-electron chi connectivity index (χ3n) is 4.63. The molecule has 3 rings (SSSR count). The van der Waals surface area contributed by atoms with Crippen LogP contribution >= 0.6 is 11.3 Å². The van der Waals surface area contributed by atoms with Crippen LogP contribution in [0.1, 0.15) is 19.8 Å². The fourth-order valence-electron chi connectivity index (χ4n) is 3.39. The van der Waals surface area contributed by atoms with Crippen molar-refractivity contribution in [3.8, 4) is 11.5 Å². The van der Waals surface area contributed by atoms with Crippen molar-refractivity contribution in [2.24, 2.45) is 4.99 Å². The number of methoxy groups -OCH3 is 2. The van der Waals surface area contributed by atoms with Gasteiger partial charge in [-0.2, -0.15) is 9.30 Å². The van der Waals surface area contributed by atoms with Gasteiger partial charge >= 0.3 is 0 Å². The van der Waals surface area contributed by atoms with Crippen molar-refractivity contribution in [3.05, 3.63) is 16.9 Å². The number of thiazole rings is 1. The smallest absolute Gasteiger partial charge is 0.266 e. The first-order valence-corrected chi connectivity index (χ1v) is 11.3. The highest BCUT2D eigenvalue weighted by molar-refractivity contribution is 7.88. The lowest BCUT2D eigenvalue weighted by atomic mass is 10.2. The van der Waals surface area contributed by atoms with Gasteiger partial charge in [-0.1, -0.05) is 11.3 Å². The molecule has 0 saturated carbocycles. The van der Waals surface area contributed by atoms with Gasteiger partial charge in [0.2, 0.25) is 10.0 Å². The summed E-state index contributed by atoms with van der Waals surface area (Å²) in [6.45, 7) is 2.88. The average Bonchev–Trinajstić information content (AvgIpc) is 3.25. The first kappa shape index (κ1) is 19.8. The van der Waals surface area contributed by atoms with Crippen molar-refractivity contribution in [3.63, 3.8) is 0 Å². The Morgan fingerprint density at radius 1 is 1.30 bits per heavy atom. The van der Waals surface area contributed by atoms with Crippen molar-refractivity contribution in [1.29, 1.82) is 0 Å². The van der Waals surface area contributed by atoms with E-state index in [0.717, 1.165) is 16.5 Å². The molecule has 8 nitrogen and oxygen atoms in total. The quantitative estimate of drug-likeness (QED) is 0.743. The molecular weight excluding hydrogens is 390 g/mol. The molecule has 148 valence electrons. The van der Waals surface area contributed by atoms with Crippen LogP contribution in [0.15, 0.2) is 17.1 Å². The van der Waals surface area contributed by atoms with Crippen molar-refractivity contribution in [1.82, 2.24) is 8.87 Å². The Labute approximate surface area is 162 Å². The van der Waals surface area contributed by atoms with E-state index in [0.29, 0.717) is 42.2 Å². The van der Waals surface area contributed by atoms with Crippen molar-refractivity contribution >= 4 is 37.5 Å². The number of ether oxygens (including phenoxy) is 2. The van der Waals surface area contributed by atoms with E-state index in [4.69, 9.17) is 9.47 Å². The number of amides is 1. The van der Waals surface area contributed by atoms with Crippen molar-refractivity contribution < 1.29 is 22.7 Å². The number of aromatic nitrogens is 1. The molecule has 1 atom stereocenters. The summed E-state index contributed by atoms with van der Waals surface area (Å²) in [5.74, 6) is 0.895. The predicted octanol–water partition coefficient (Wildman–Crippen LogP) is 1.59. The number of carbonyl (C=O) groups is 1. The fourth-order valence-corrected chi connectivity index (χ4v) is 5.71. The zero-order chi connectivity index (χ0) is 19.8. The molecule has 0 bridgehead atoms. The van der Waals surface area contributed by atoms with Crippen LogP contribution in [-0.2, 0) is 21.4 Å². The summed E-state index contributed by atoms with van der Waals surface area (Å²) in [4.78, 5) is 17.6. The van der Waals surface area contributed by atoms with Gasteiger partial charge in [0.25, 0.3) is 5.91 Å². The second-order valence-electron chi connectivity index (χ2n) is 6.26. The summed E-state index contributed by atoms with van der Waals surface area (Å²) < 4.78 is 38.7. The second-order valence-corrected chi connectivity index (χ2v) is 9.17. The zero-order valence-electron chi connectivity index (χ0n) is 15.8. The van der Waals surface area contributed by atoms with Crippen LogP contribution in [0.3, 0.4) is 0 Å². The maximum atomic E-state index is 12.8. The summed E-state index contributed by atoms with van der Waals surface area (Å²) in [6, 6.07) is 2.89. The second kappa shape index (κ2) is 7.61. The molecule has 0 aliphatic carbocycles. The molecule has 1 aliphatic heterocycles. The lowest BCUT2D eigenvalue weighted by Gasteiger charge is -2.18. The number of hydrogen-bond acceptors (Lipinski definition) is 6. The van der Waals surface area contributed by atoms with E-state index >= 15 is 0 Å². The zero-order valence-corrected chi connectivity index (χ0v) is 17.4. The summed E-state index contributed by atoms with van der Waals surface area (Å²) in [5.41, 5.74) is 0.808. The number of sulfonamides is 1. The lowest BCUT2D eigenvalue weighted by molar-refractivity contribution is -0.121. The molecule has 10 heteroatoms. The van der Waals surface area contributed by atoms with Crippen LogP contribution in [0.2, 0.25) is 0 Å². The van der Waals surface area contributed by atoms with E-state index in [1.807, 2.05) is 23.6 Å². The topological polar surface area (TPSA) is 90.2 Å². The van der Waals surface area contributed by atoms with Gasteiger partial charge in [-0.05, 0) is 31.9 Å². The van der Waals surface area contributed by atoms with E-state index < -0.39 is 22.0 Å². The summed E-state index contributed by atoms with van der Waals surface area (Å²) in [6.07, 6.45) is 2.26. The van der Waals surface area contributed by atoms with E-state index in [9.17, 15) is 13.2 Å². The molecule has 0 radical (unpaired) electrons. The third-order valence-corrected chi connectivity index (χ3v) is 7.01. The number of carbonyl (C=O) groups excluding carboxylic acids is 1. The summed E-state index contributed by atoms with van der Waals surface area (Å²) in [7, 11) is -0.270. The Hall–Kier alpha value is -1.91. The van der Waals surface area contributed by atoms with Crippen LogP contribution in [0.5, 0.6) is 11.5 Å². The van der Waals surface area contributed by atoms with E-state index in [-0.39, 0.29) is 0 Å². The number of hydrogen-bond donors (Lipinski definition) is 0. The number of rotatable bonds is 5. The SMILES string of the molecule is CCn1c(=NC(=O)C2CCCN2S(C)(=O)=O)sc2c(OC)ccc(OC)c21. The highest BCUT2D eigenvalue weighted by atomic mass is 32.2. The Morgan fingerprint density at radius 2 is 1.96 bits per heavy atom. The molecule has 1 aromatic heterocycles. The number of fused-ring (bicyclic) bond motifs is 1. The lowest BCUT2D eigenvalue weighted by Crippen LogP contribution is -2.39. The number of benzene rings is 1. The Bertz CT molecular complexity index is 1040. The van der Waals surface area contributed by atoms with Crippen LogP contribution in [0, 0.1) is 0 Å². The molecule has 27 heavy (non-hydrogen) atoms. The van der Waals surface area contributed by atoms with Crippen LogP contribution < -0.4 is 14.3 Å². The number of aryl methyl sites for hydroxylation is 1. The van der Waals surface area contributed by atoms with Gasteiger partial charge in [-0.25, -0.2) is 8.42 Å². The average molecular weight is 414 g/mol. The van der Waals surface area contributed by atoms with E-state index in [1.54, 1.807) is 14.2 Å². The standard InChI is InChI=1S/C17H23N3O5S2/c1-5-19-14-12(24-2)8-9-13(25-3)15(14)26-17(19)18-16(21)11-7-6-10-20(11)27(4,22)23/h8-9,11H,5-7,10H2,1-4H3. The first-order valence-electron chi connectivity index (χ1n) is 8.61. The largest absolute Gasteiger partial charge is 0.495 e. The molecule has 1 aromatic carbocycles. The highest BCUT2D eigenvalue weighted by Gasteiger charge is 2.36. The van der Waals surface area contributed by atoms with Crippen LogP contribution in [-0.4, -0.2) is 56.3 Å². The molecule has 0 spiro atoms. The minimum Gasteiger partial charge on any atom is -0.495 e. The molecule has 1 unspecified atom stereocenters. The highest BCUT2D eigenvalue weighted by Crippen LogP contribution is 2.35. The van der Waals surface area contributed by atoms with Gasteiger partial charge in [0.05, 0.1) is 20.5 Å². The van der Waals surface area contributed by atoms with Gasteiger partial charge in [0, 0.05) is 13.1 Å². The normalized spacial score (nSPS) is 19.0. The predicted molar refractivity (Wildman–Crippen MR) is 104 cm³/mol. The van der Waals surface area contributed by atoms with Gasteiger partial charge < -0.3 is 14.0 Å². The fraction of sp³-hybridized carbons (Fsp3) is 0.529. The van der Waals surface area contributed by atoms with E-state index in [1.165, 1.54) is 15.6 Å². The Kier molecular flexibility index (Phi) is 5.59. The Morgan fingerprint density at radius 3 is 2.56 bits per heavy atom. The molecule has 2 heterocycles. The maximum absolute atomic E-state index is 12.8. The van der Waals surface area contributed by atoms with Gasteiger partial charge in [0.15, 0.2) is 4.80 Å². The van der Waals surface area contributed by atoms with Gasteiger partial charge in [0.1, 0.15) is 27.8 Å².